The van der Waals surface area contributed by atoms with Crippen LogP contribution in [0.5, 0.6) is 0 Å². The second-order valence-corrected chi connectivity index (χ2v) is 9.43. The van der Waals surface area contributed by atoms with E-state index in [1.165, 1.54) is 4.90 Å². The van der Waals surface area contributed by atoms with E-state index in [2.05, 4.69) is 20.2 Å². The largest absolute Gasteiger partial charge is 0.411 e. The molecule has 1 aliphatic carbocycles. The molecule has 1 saturated carbocycles. The molecule has 0 radical (unpaired) electrons. The number of carbonyl (C=O) groups excluding carboxylic acids is 1. The number of aliphatic hydroxyl groups excluding tert-OH is 1. The molecule has 4 rings (SSSR count). The first-order chi connectivity index (χ1) is 15.9. The number of nitrogens with zero attached hydrogens (tertiary/aromatic N) is 3. The zero-order valence-corrected chi connectivity index (χ0v) is 18.2. The van der Waals surface area contributed by atoms with Crippen LogP contribution in [0, 0.1) is 5.41 Å². The maximum atomic E-state index is 14.1. The van der Waals surface area contributed by atoms with E-state index < -0.39 is 67.7 Å². The molecule has 34 heavy (non-hydrogen) atoms. The van der Waals surface area contributed by atoms with Crippen molar-refractivity contribution in [1.82, 2.24) is 20.4 Å². The van der Waals surface area contributed by atoms with Gasteiger partial charge >= 0.3 is 12.4 Å². The van der Waals surface area contributed by atoms with Crippen molar-refractivity contribution in [3.63, 3.8) is 0 Å². The number of aromatic nitrogens is 2. The summed E-state index contributed by atoms with van der Waals surface area (Å²) in [4.78, 5) is 17.9. The number of nitrogens with one attached hydrogen (secondary N) is 1. The van der Waals surface area contributed by atoms with Crippen LogP contribution in [0.1, 0.15) is 50.2 Å². The third kappa shape index (κ3) is 4.76. The second kappa shape index (κ2) is 8.94. The Morgan fingerprint density at radius 1 is 1.18 bits per heavy atom. The van der Waals surface area contributed by atoms with Crippen LogP contribution in [0.3, 0.4) is 0 Å². The predicted molar refractivity (Wildman–Crippen MR) is 102 cm³/mol. The number of ether oxygens (including phenoxy) is 1. The van der Waals surface area contributed by atoms with E-state index in [4.69, 9.17) is 4.52 Å². The first-order valence-corrected chi connectivity index (χ1v) is 11.1. The number of alkyl halides is 6. The van der Waals surface area contributed by atoms with Crippen LogP contribution in [-0.2, 0) is 21.6 Å². The molecule has 192 valence electrons. The molecule has 0 bridgehead atoms. The van der Waals surface area contributed by atoms with Crippen LogP contribution in [0.25, 0.3) is 0 Å². The monoisotopic (exact) mass is 500 g/mol. The first kappa shape index (κ1) is 25.2. The molecule has 2 saturated heterocycles. The molecule has 2 atom stereocenters. The Balaban J connectivity index is 1.39. The highest BCUT2D eigenvalue weighted by molar-refractivity contribution is 5.82. The summed E-state index contributed by atoms with van der Waals surface area (Å²) in [5.74, 6) is -1.54. The van der Waals surface area contributed by atoms with Gasteiger partial charge in [0.15, 0.2) is 5.82 Å². The summed E-state index contributed by atoms with van der Waals surface area (Å²) in [5.41, 5.74) is -2.70. The van der Waals surface area contributed by atoms with Crippen molar-refractivity contribution in [2.75, 3.05) is 26.2 Å². The summed E-state index contributed by atoms with van der Waals surface area (Å²) < 4.78 is 88.0. The SMILES string of the molecule is O=C([C@@H]1C[C@@H](O)C2(CCC2)CN1)N1CCC(c2noc(COCC(F)(F)F)n2)(C(F)(F)F)CC1. The van der Waals surface area contributed by atoms with E-state index in [0.717, 1.165) is 19.3 Å². The lowest BCUT2D eigenvalue weighted by Gasteiger charge is -2.51. The third-order valence-corrected chi connectivity index (χ3v) is 7.37. The number of amides is 1. The number of likely N-dealkylation sites (tertiary alicyclic amines) is 1. The van der Waals surface area contributed by atoms with Crippen molar-refractivity contribution in [3.05, 3.63) is 11.7 Å². The van der Waals surface area contributed by atoms with Gasteiger partial charge in [-0.15, -0.1) is 0 Å². The van der Waals surface area contributed by atoms with Gasteiger partial charge in [0.05, 0.1) is 12.1 Å². The molecular formula is C20H26F6N4O4. The Hall–Kier alpha value is -1.93. The fourth-order valence-electron chi connectivity index (χ4n) is 5.05. The zero-order chi connectivity index (χ0) is 24.8. The molecule has 3 fully saturated rings. The van der Waals surface area contributed by atoms with Gasteiger partial charge in [0.2, 0.25) is 5.91 Å². The molecule has 1 amide bonds. The number of hydrogen-bond donors (Lipinski definition) is 2. The maximum absolute atomic E-state index is 14.1. The Morgan fingerprint density at radius 3 is 2.38 bits per heavy atom. The Morgan fingerprint density at radius 2 is 1.85 bits per heavy atom. The minimum Gasteiger partial charge on any atom is -0.392 e. The molecule has 2 aliphatic heterocycles. The highest BCUT2D eigenvalue weighted by Crippen LogP contribution is 2.48. The molecule has 14 heteroatoms. The summed E-state index contributed by atoms with van der Waals surface area (Å²) in [5, 5.41) is 17.0. The minimum atomic E-state index is -4.77. The Bertz CT molecular complexity index is 877. The highest BCUT2D eigenvalue weighted by Gasteiger charge is 2.60. The summed E-state index contributed by atoms with van der Waals surface area (Å²) in [6.07, 6.45) is -8.05. The van der Waals surface area contributed by atoms with E-state index in [0.29, 0.717) is 6.54 Å². The fourth-order valence-corrected chi connectivity index (χ4v) is 5.05. The topological polar surface area (TPSA) is 101 Å². The highest BCUT2D eigenvalue weighted by atomic mass is 19.4. The van der Waals surface area contributed by atoms with Gasteiger partial charge in [0.1, 0.15) is 18.6 Å². The van der Waals surface area contributed by atoms with Crippen molar-refractivity contribution < 1.29 is 45.5 Å². The van der Waals surface area contributed by atoms with E-state index in [-0.39, 0.29) is 30.8 Å². The minimum absolute atomic E-state index is 0.204. The summed E-state index contributed by atoms with van der Waals surface area (Å²) >= 11 is 0. The summed E-state index contributed by atoms with van der Waals surface area (Å²) in [6.45, 7) is -2.31. The first-order valence-electron chi connectivity index (χ1n) is 11.1. The van der Waals surface area contributed by atoms with Crippen LogP contribution >= 0.6 is 0 Å². The van der Waals surface area contributed by atoms with Gasteiger partial charge in [0, 0.05) is 25.0 Å². The predicted octanol–water partition coefficient (Wildman–Crippen LogP) is 2.46. The maximum Gasteiger partial charge on any atom is 0.411 e. The van der Waals surface area contributed by atoms with Crippen molar-refractivity contribution in [1.29, 1.82) is 0 Å². The van der Waals surface area contributed by atoms with Crippen LogP contribution in [-0.4, -0.2) is 76.8 Å². The van der Waals surface area contributed by atoms with Gasteiger partial charge in [0.25, 0.3) is 5.89 Å². The molecule has 8 nitrogen and oxygen atoms in total. The van der Waals surface area contributed by atoms with E-state index in [1.54, 1.807) is 0 Å². The Kier molecular flexibility index (Phi) is 6.62. The normalized spacial score (nSPS) is 27.0. The quantitative estimate of drug-likeness (QED) is 0.600. The van der Waals surface area contributed by atoms with E-state index in [1.807, 2.05) is 0 Å². The molecule has 1 aromatic heterocycles. The molecular weight excluding hydrogens is 474 g/mol. The number of halogens is 6. The van der Waals surface area contributed by atoms with Crippen molar-refractivity contribution in [2.24, 2.45) is 5.41 Å². The average molecular weight is 500 g/mol. The van der Waals surface area contributed by atoms with Gasteiger partial charge in [-0.05, 0) is 32.1 Å². The summed E-state index contributed by atoms with van der Waals surface area (Å²) in [6, 6.07) is -0.665. The number of hydrogen-bond acceptors (Lipinski definition) is 7. The number of rotatable bonds is 5. The van der Waals surface area contributed by atoms with Crippen molar-refractivity contribution in [3.8, 4) is 0 Å². The van der Waals surface area contributed by atoms with Gasteiger partial charge in [-0.2, -0.15) is 31.3 Å². The molecule has 0 unspecified atom stereocenters. The standard InChI is InChI=1S/C20H26F6N4O4/c21-19(22,23)11-33-9-14-28-16(29-34-14)18(20(24,25)26)4-6-30(7-5-18)15(32)12-8-13(31)17(10-27-12)2-1-3-17/h12-13,27,31H,1-11H2/t12-,13+/m0/s1. The second-order valence-electron chi connectivity index (χ2n) is 9.43. The van der Waals surface area contributed by atoms with E-state index >= 15 is 0 Å². The van der Waals surface area contributed by atoms with Crippen molar-refractivity contribution >= 4 is 5.91 Å². The Labute approximate surface area is 191 Å². The third-order valence-electron chi connectivity index (χ3n) is 7.37. The van der Waals surface area contributed by atoms with Crippen molar-refractivity contribution in [2.45, 2.75) is 75.0 Å². The van der Waals surface area contributed by atoms with Crippen LogP contribution < -0.4 is 5.32 Å². The van der Waals surface area contributed by atoms with Crippen LogP contribution in [0.2, 0.25) is 0 Å². The lowest BCUT2D eigenvalue weighted by molar-refractivity contribution is -0.206. The molecule has 3 heterocycles. The van der Waals surface area contributed by atoms with E-state index in [9.17, 15) is 36.2 Å². The summed E-state index contributed by atoms with van der Waals surface area (Å²) in [7, 11) is 0. The lowest BCUT2D eigenvalue weighted by atomic mass is 9.62. The fraction of sp³-hybridized carbons (Fsp3) is 0.850. The van der Waals surface area contributed by atoms with Crippen LogP contribution in [0.15, 0.2) is 4.52 Å². The average Bonchev–Trinajstić information content (AvgIpc) is 3.19. The van der Waals surface area contributed by atoms with Gasteiger partial charge in [-0.1, -0.05) is 11.6 Å². The zero-order valence-electron chi connectivity index (χ0n) is 18.2. The molecule has 2 N–H and O–H groups in total. The van der Waals surface area contributed by atoms with Gasteiger partial charge in [-0.3, -0.25) is 4.79 Å². The van der Waals surface area contributed by atoms with Gasteiger partial charge < -0.3 is 24.6 Å². The number of aliphatic hydroxyl groups is 1. The molecule has 1 spiro atoms. The lowest BCUT2D eigenvalue weighted by Crippen LogP contribution is -2.62. The number of piperidine rings is 2. The molecule has 1 aromatic rings. The number of carbonyl (C=O) groups is 1. The smallest absolute Gasteiger partial charge is 0.392 e. The van der Waals surface area contributed by atoms with Gasteiger partial charge in [-0.25, -0.2) is 0 Å². The van der Waals surface area contributed by atoms with Crippen LogP contribution in [0.4, 0.5) is 26.3 Å². The molecule has 3 aliphatic rings. The molecule has 0 aromatic carbocycles.